The van der Waals surface area contributed by atoms with Crippen LogP contribution in [0.25, 0.3) is 212 Å². The standard InChI is InChI=1S/2C51H32N4O/c1-4-14-33(15-5-1)35-26-28-37(29-27-35)49-52-50(39-21-12-20-38(32-39)34-16-6-2-7-17-34)54-51(53-49)55-45-25-11-10-22-41(45)42-30-31-44-43-24-13-23-40(36-18-8-3-9-19-36)47(43)56-48(44)46(42)55;1-4-13-33(14-5-1)36-23-25-37(26-24-36)49-52-50(40-20-12-19-38(31-40)34-15-6-2-7-16-34)54-51(53-49)55-45-22-11-10-21-41(45)43-29-30-44-42-28-27-39(35-17-8-3-9-18-35)32-46(42)56-48(44)47(43)55/h2*1-32H. The van der Waals surface area contributed by atoms with Gasteiger partial charge in [-0.25, -0.2) is 9.97 Å². The number of para-hydroxylation sites is 3. The Bertz CT molecular complexity index is 7330. The van der Waals surface area contributed by atoms with Gasteiger partial charge in [-0.05, 0) is 110 Å². The minimum Gasteiger partial charge on any atom is -0.454 e. The first-order valence-electron chi connectivity index (χ1n) is 37.5. The molecule has 10 nitrogen and oxygen atoms in total. The van der Waals surface area contributed by atoms with Gasteiger partial charge in [-0.2, -0.15) is 19.9 Å². The lowest BCUT2D eigenvalue weighted by Gasteiger charge is -2.12. The van der Waals surface area contributed by atoms with Crippen LogP contribution < -0.4 is 0 Å². The van der Waals surface area contributed by atoms with E-state index in [4.69, 9.17) is 38.7 Å². The molecule has 0 spiro atoms. The van der Waals surface area contributed by atoms with Crippen LogP contribution in [-0.4, -0.2) is 39.0 Å². The zero-order valence-electron chi connectivity index (χ0n) is 60.3. The van der Waals surface area contributed by atoms with Crippen molar-refractivity contribution >= 4 is 87.5 Å². The largest absolute Gasteiger partial charge is 0.454 e. The second-order valence-electron chi connectivity index (χ2n) is 28.1. The smallest absolute Gasteiger partial charge is 0.238 e. The average Bonchev–Trinajstić information content (AvgIpc) is 1.56. The Kier molecular flexibility index (Phi) is 16.0. The Morgan fingerprint density at radius 2 is 0.473 bits per heavy atom. The van der Waals surface area contributed by atoms with Crippen LogP contribution in [0.3, 0.4) is 0 Å². The third-order valence-electron chi connectivity index (χ3n) is 21.4. The number of fused-ring (bicyclic) bond motifs is 14. The fraction of sp³-hybridized carbons (Fsp3) is 0. The number of hydrogen-bond acceptors (Lipinski definition) is 8. The summed E-state index contributed by atoms with van der Waals surface area (Å²) in [5.74, 6) is 3.39. The molecule has 0 aliphatic carbocycles. The van der Waals surface area contributed by atoms with Crippen LogP contribution in [0, 0.1) is 0 Å². The first kappa shape index (κ1) is 65.1. The summed E-state index contributed by atoms with van der Waals surface area (Å²) < 4.78 is 18.2. The zero-order chi connectivity index (χ0) is 74.0. The SMILES string of the molecule is c1ccc(-c2ccc(-c3nc(-c4cccc(-c5ccccc5)c4)nc(-n4c5ccccc5c5ccc6c7ccc(-c8ccccc8)cc7oc6c54)n3)cc2)cc1.c1ccc(-c2ccc(-c3nc(-c4cccc(-c5ccccc5)c4)nc(-n4c5ccccc5c5ccc6c7cccc(-c8ccccc8)c7oc6c54)n3)cc2)cc1. The molecule has 0 saturated heterocycles. The third-order valence-corrected chi connectivity index (χ3v) is 21.4. The minimum absolute atomic E-state index is 0.518. The van der Waals surface area contributed by atoms with E-state index >= 15 is 0 Å². The maximum Gasteiger partial charge on any atom is 0.238 e. The van der Waals surface area contributed by atoms with Crippen LogP contribution in [-0.2, 0) is 0 Å². The van der Waals surface area contributed by atoms with Gasteiger partial charge < -0.3 is 8.83 Å². The van der Waals surface area contributed by atoms with E-state index in [0.29, 0.717) is 35.2 Å². The number of benzene rings is 16. The average molecular weight is 1430 g/mol. The predicted octanol–water partition coefficient (Wildman–Crippen LogP) is 26.4. The highest BCUT2D eigenvalue weighted by Crippen LogP contribution is 2.45. The summed E-state index contributed by atoms with van der Waals surface area (Å²) in [7, 11) is 0. The van der Waals surface area contributed by atoms with Crippen molar-refractivity contribution in [3.63, 3.8) is 0 Å². The molecule has 6 heterocycles. The van der Waals surface area contributed by atoms with Crippen molar-refractivity contribution < 1.29 is 8.83 Å². The molecule has 0 radical (unpaired) electrons. The van der Waals surface area contributed by atoms with Crippen LogP contribution in [0.15, 0.2) is 397 Å². The summed E-state index contributed by atoms with van der Waals surface area (Å²) in [4.78, 5) is 31.5. The van der Waals surface area contributed by atoms with Crippen LogP contribution in [0.4, 0.5) is 0 Å². The summed E-state index contributed by atoms with van der Waals surface area (Å²) in [6, 6.07) is 135. The quantitative estimate of drug-likeness (QED) is 0.119. The number of furan rings is 2. The molecule has 22 rings (SSSR count). The molecule has 22 aromatic rings. The molecule has 10 heteroatoms. The number of aromatic nitrogens is 8. The zero-order valence-corrected chi connectivity index (χ0v) is 60.3. The monoisotopic (exact) mass is 1430 g/mol. The fourth-order valence-electron chi connectivity index (χ4n) is 15.9. The molecule has 112 heavy (non-hydrogen) atoms. The van der Waals surface area contributed by atoms with Gasteiger partial charge in [0.25, 0.3) is 0 Å². The van der Waals surface area contributed by atoms with Crippen molar-refractivity contribution in [2.45, 2.75) is 0 Å². The third kappa shape index (κ3) is 11.6. The van der Waals surface area contributed by atoms with E-state index in [9.17, 15) is 0 Å². The molecule has 0 saturated carbocycles. The van der Waals surface area contributed by atoms with Gasteiger partial charge in [-0.15, -0.1) is 0 Å². The van der Waals surface area contributed by atoms with E-state index in [2.05, 4.69) is 361 Å². The molecule has 0 fully saturated rings. The van der Waals surface area contributed by atoms with Gasteiger partial charge in [-0.3, -0.25) is 9.13 Å². The summed E-state index contributed by atoms with van der Waals surface area (Å²) in [6.07, 6.45) is 0. The lowest BCUT2D eigenvalue weighted by molar-refractivity contribution is 0.670. The van der Waals surface area contributed by atoms with Crippen LogP contribution in [0.1, 0.15) is 0 Å². The molecule has 524 valence electrons. The second-order valence-corrected chi connectivity index (χ2v) is 28.1. The van der Waals surface area contributed by atoms with Gasteiger partial charge >= 0.3 is 0 Å². The van der Waals surface area contributed by atoms with E-state index in [0.717, 1.165) is 177 Å². The van der Waals surface area contributed by atoms with Crippen molar-refractivity contribution in [1.29, 1.82) is 0 Å². The Morgan fingerprint density at radius 1 is 0.179 bits per heavy atom. The normalized spacial score (nSPS) is 11.6. The van der Waals surface area contributed by atoms with Gasteiger partial charge in [0.05, 0.1) is 11.0 Å². The summed E-state index contributed by atoms with van der Waals surface area (Å²) in [5.41, 5.74) is 24.1. The molecule has 0 amide bonds. The summed E-state index contributed by atoms with van der Waals surface area (Å²) in [5, 5.41) is 8.52. The second kappa shape index (κ2) is 27.5. The summed E-state index contributed by atoms with van der Waals surface area (Å²) in [6.45, 7) is 0. The first-order chi connectivity index (χ1) is 55.5. The molecular formula is C102H64N8O2. The number of hydrogen-bond donors (Lipinski definition) is 0. The van der Waals surface area contributed by atoms with E-state index in [1.807, 2.05) is 36.4 Å². The molecule has 6 aromatic heterocycles. The molecule has 0 aliphatic heterocycles. The van der Waals surface area contributed by atoms with Crippen LogP contribution >= 0.6 is 0 Å². The summed E-state index contributed by atoms with van der Waals surface area (Å²) >= 11 is 0. The Labute approximate surface area is 643 Å². The van der Waals surface area contributed by atoms with Crippen molar-refractivity contribution in [3.8, 4) is 124 Å². The number of nitrogens with zero attached hydrogens (tertiary/aromatic N) is 8. The molecule has 0 N–H and O–H groups in total. The maximum atomic E-state index is 7.00. The predicted molar refractivity (Wildman–Crippen MR) is 457 cm³/mol. The molecule has 0 bridgehead atoms. The minimum atomic E-state index is 0.518. The molecule has 0 unspecified atom stereocenters. The first-order valence-corrected chi connectivity index (χ1v) is 37.5. The molecular weight excluding hydrogens is 1370 g/mol. The van der Waals surface area contributed by atoms with E-state index in [1.54, 1.807) is 0 Å². The van der Waals surface area contributed by atoms with E-state index < -0.39 is 0 Å². The van der Waals surface area contributed by atoms with E-state index in [1.165, 1.54) is 0 Å². The molecule has 16 aromatic carbocycles. The van der Waals surface area contributed by atoms with Gasteiger partial charge in [0.1, 0.15) is 22.2 Å². The highest BCUT2D eigenvalue weighted by molar-refractivity contribution is 6.23. The van der Waals surface area contributed by atoms with Gasteiger partial charge in [0, 0.05) is 70.9 Å². The maximum absolute atomic E-state index is 7.00. The van der Waals surface area contributed by atoms with Gasteiger partial charge in [0.2, 0.25) is 11.9 Å². The van der Waals surface area contributed by atoms with Crippen LogP contribution in [0.2, 0.25) is 0 Å². The Hall–Kier alpha value is -15.3. The highest BCUT2D eigenvalue weighted by Gasteiger charge is 2.26. The van der Waals surface area contributed by atoms with Gasteiger partial charge in [-0.1, -0.05) is 340 Å². The topological polar surface area (TPSA) is 113 Å². The van der Waals surface area contributed by atoms with Crippen molar-refractivity contribution in [2.75, 3.05) is 0 Å². The fourth-order valence-corrected chi connectivity index (χ4v) is 15.9. The lowest BCUT2D eigenvalue weighted by Crippen LogP contribution is -2.06. The lowest BCUT2D eigenvalue weighted by atomic mass is 10.0. The van der Waals surface area contributed by atoms with Crippen molar-refractivity contribution in [1.82, 2.24) is 39.0 Å². The van der Waals surface area contributed by atoms with Crippen molar-refractivity contribution in [2.24, 2.45) is 0 Å². The molecule has 0 aliphatic rings. The van der Waals surface area contributed by atoms with Crippen LogP contribution in [0.5, 0.6) is 0 Å². The molecule has 0 atom stereocenters. The van der Waals surface area contributed by atoms with E-state index in [-0.39, 0.29) is 0 Å². The Morgan fingerprint density at radius 3 is 0.929 bits per heavy atom. The number of rotatable bonds is 12. The highest BCUT2D eigenvalue weighted by atomic mass is 16.3. The van der Waals surface area contributed by atoms with Crippen molar-refractivity contribution in [3.05, 3.63) is 388 Å². The van der Waals surface area contributed by atoms with Gasteiger partial charge in [0.15, 0.2) is 34.5 Å². The Balaban J connectivity index is 0.000000141.